The number of thioether (sulfide) groups is 1. The highest BCUT2D eigenvalue weighted by atomic mass is 35.5. The van der Waals surface area contributed by atoms with Gasteiger partial charge in [-0.15, -0.1) is 0 Å². The summed E-state index contributed by atoms with van der Waals surface area (Å²) in [5.41, 5.74) is 2.47. The lowest BCUT2D eigenvalue weighted by Crippen LogP contribution is -2.28. The molecule has 0 unspecified atom stereocenters. The summed E-state index contributed by atoms with van der Waals surface area (Å²) in [7, 11) is 4.22. The van der Waals surface area contributed by atoms with Gasteiger partial charge in [-0.05, 0) is 46.5 Å². The molecule has 4 aromatic carbocycles. The first-order chi connectivity index (χ1) is 16.6. The first-order valence-electron chi connectivity index (χ1n) is 11.1. The molecule has 0 aliphatic carbocycles. The second-order valence-electron chi connectivity index (χ2n) is 8.32. The zero-order valence-electron chi connectivity index (χ0n) is 18.8. The third kappa shape index (κ3) is 3.63. The Labute approximate surface area is 212 Å². The fourth-order valence-corrected chi connectivity index (χ4v) is 6.94. The van der Waals surface area contributed by atoms with E-state index in [1.54, 1.807) is 23.1 Å². The molecule has 0 amide bonds. The SMILES string of the molecule is CN1/C(=C/C=C(Cl)/C=C/c2sc3c4ccccc4ccc3[n+]2C)Sc2c1ccc1ccccc21. The molecular weight excluding hydrogens is 476 g/mol. The Hall–Kier alpha value is -3.05. The maximum atomic E-state index is 6.61. The summed E-state index contributed by atoms with van der Waals surface area (Å²) >= 11 is 10.2. The Bertz CT molecular complexity index is 1680. The van der Waals surface area contributed by atoms with E-state index in [-0.39, 0.29) is 0 Å². The molecule has 0 saturated carbocycles. The first-order valence-corrected chi connectivity index (χ1v) is 13.1. The van der Waals surface area contributed by atoms with Crippen LogP contribution in [0.15, 0.2) is 106 Å². The molecule has 0 N–H and O–H groups in total. The number of halogens is 1. The van der Waals surface area contributed by atoms with Crippen LogP contribution >= 0.6 is 34.7 Å². The van der Waals surface area contributed by atoms with Gasteiger partial charge in [0, 0.05) is 34.5 Å². The summed E-state index contributed by atoms with van der Waals surface area (Å²) in [6, 6.07) is 25.9. The molecule has 0 bridgehead atoms. The zero-order chi connectivity index (χ0) is 23.2. The molecule has 0 spiro atoms. The van der Waals surface area contributed by atoms with E-state index in [1.807, 2.05) is 12.2 Å². The number of nitrogens with zero attached hydrogens (tertiary/aromatic N) is 2. The number of fused-ring (bicyclic) bond motifs is 6. The molecule has 6 rings (SSSR count). The van der Waals surface area contributed by atoms with E-state index in [1.165, 1.54) is 42.3 Å². The van der Waals surface area contributed by atoms with E-state index in [2.05, 4.69) is 109 Å². The molecule has 5 aromatic rings. The topological polar surface area (TPSA) is 7.12 Å². The number of aromatic nitrogens is 1. The van der Waals surface area contributed by atoms with Crippen LogP contribution in [0.2, 0.25) is 0 Å². The summed E-state index contributed by atoms with van der Waals surface area (Å²) in [5, 5.41) is 8.14. The van der Waals surface area contributed by atoms with Gasteiger partial charge in [0.05, 0.1) is 10.7 Å². The second kappa shape index (κ2) is 8.62. The summed E-state index contributed by atoms with van der Waals surface area (Å²) in [4.78, 5) is 3.53. The highest BCUT2D eigenvalue weighted by Crippen LogP contribution is 2.48. The van der Waals surface area contributed by atoms with E-state index in [0.717, 1.165) is 10.0 Å². The second-order valence-corrected chi connectivity index (χ2v) is 10.8. The molecule has 2 heterocycles. The van der Waals surface area contributed by atoms with Crippen molar-refractivity contribution in [1.29, 1.82) is 0 Å². The average Bonchev–Trinajstić information content (AvgIpc) is 3.38. The predicted molar refractivity (Wildman–Crippen MR) is 150 cm³/mol. The van der Waals surface area contributed by atoms with Crippen LogP contribution in [0.3, 0.4) is 0 Å². The van der Waals surface area contributed by atoms with Crippen LogP contribution in [0.4, 0.5) is 5.69 Å². The van der Waals surface area contributed by atoms with Gasteiger partial charge in [0.25, 0.3) is 5.01 Å². The Morgan fingerprint density at radius 2 is 1.62 bits per heavy atom. The maximum Gasteiger partial charge on any atom is 0.262 e. The van der Waals surface area contributed by atoms with Crippen molar-refractivity contribution >= 4 is 78.2 Å². The number of thiazole rings is 1. The number of hydrogen-bond acceptors (Lipinski definition) is 3. The minimum absolute atomic E-state index is 0.699. The van der Waals surface area contributed by atoms with Crippen molar-refractivity contribution < 1.29 is 4.57 Å². The minimum Gasteiger partial charge on any atom is -0.338 e. The van der Waals surface area contributed by atoms with Crippen molar-refractivity contribution in [2.24, 2.45) is 7.05 Å². The Morgan fingerprint density at radius 1 is 0.912 bits per heavy atom. The van der Waals surface area contributed by atoms with Gasteiger partial charge in [-0.1, -0.05) is 89.3 Å². The lowest BCUT2D eigenvalue weighted by molar-refractivity contribution is -0.642. The molecule has 34 heavy (non-hydrogen) atoms. The standard InChI is InChI=1S/C29H22ClN2S2/c1-31-24-15-11-19-7-3-5-9-22(19)28(24)33-26(31)17-13-21(30)14-18-27-32(2)25-16-12-20-8-4-6-10-23(20)29(25)34-27/h3-18H,1-2H3/q+1. The molecular formula is C29H22ClN2S2+. The average molecular weight is 498 g/mol. The number of hydrogen-bond donors (Lipinski definition) is 0. The van der Waals surface area contributed by atoms with Crippen molar-refractivity contribution in [3.8, 4) is 0 Å². The molecule has 1 aliphatic heterocycles. The van der Waals surface area contributed by atoms with Crippen LogP contribution in [0, 0.1) is 0 Å². The van der Waals surface area contributed by atoms with E-state index in [9.17, 15) is 0 Å². The van der Waals surface area contributed by atoms with Crippen molar-refractivity contribution in [2.45, 2.75) is 4.90 Å². The lowest BCUT2D eigenvalue weighted by Gasteiger charge is -2.13. The summed E-state index contributed by atoms with van der Waals surface area (Å²) in [5.74, 6) is 0. The number of benzene rings is 4. The van der Waals surface area contributed by atoms with E-state index < -0.39 is 0 Å². The Morgan fingerprint density at radius 3 is 2.44 bits per heavy atom. The van der Waals surface area contributed by atoms with Crippen LogP contribution in [0.25, 0.3) is 37.8 Å². The Kier molecular flexibility index (Phi) is 5.45. The smallest absolute Gasteiger partial charge is 0.262 e. The number of anilines is 1. The first kappa shape index (κ1) is 21.5. The molecule has 0 radical (unpaired) electrons. The van der Waals surface area contributed by atoms with E-state index in [4.69, 9.17) is 11.6 Å². The minimum atomic E-state index is 0.699. The van der Waals surface area contributed by atoms with Gasteiger partial charge in [-0.25, -0.2) is 0 Å². The van der Waals surface area contributed by atoms with Crippen LogP contribution in [-0.4, -0.2) is 7.05 Å². The summed E-state index contributed by atoms with van der Waals surface area (Å²) < 4.78 is 3.53. The van der Waals surface area contributed by atoms with Gasteiger partial charge in [0.15, 0.2) is 0 Å². The normalized spacial score (nSPS) is 15.4. The molecule has 5 heteroatoms. The van der Waals surface area contributed by atoms with Crippen LogP contribution in [0.5, 0.6) is 0 Å². The molecule has 0 fully saturated rings. The molecule has 0 saturated heterocycles. The number of aryl methyl sites for hydroxylation is 1. The predicted octanol–water partition coefficient (Wildman–Crippen LogP) is 8.25. The Balaban J connectivity index is 1.28. The third-order valence-electron chi connectivity index (χ3n) is 6.29. The van der Waals surface area contributed by atoms with Crippen LogP contribution in [-0.2, 0) is 7.05 Å². The quantitative estimate of drug-likeness (QED) is 0.183. The van der Waals surface area contributed by atoms with E-state index in [0.29, 0.717) is 5.03 Å². The van der Waals surface area contributed by atoms with E-state index >= 15 is 0 Å². The number of allylic oxidation sites excluding steroid dienone is 4. The molecule has 1 aromatic heterocycles. The van der Waals surface area contributed by atoms with Crippen molar-refractivity contribution in [3.05, 3.63) is 106 Å². The van der Waals surface area contributed by atoms with Gasteiger partial charge in [0.1, 0.15) is 11.7 Å². The third-order valence-corrected chi connectivity index (χ3v) is 9.04. The highest BCUT2D eigenvalue weighted by molar-refractivity contribution is 8.04. The maximum absolute atomic E-state index is 6.61. The highest BCUT2D eigenvalue weighted by Gasteiger charge is 2.23. The van der Waals surface area contributed by atoms with Gasteiger partial charge in [-0.3, -0.25) is 0 Å². The van der Waals surface area contributed by atoms with Gasteiger partial charge in [-0.2, -0.15) is 4.57 Å². The van der Waals surface area contributed by atoms with Gasteiger partial charge < -0.3 is 4.90 Å². The zero-order valence-corrected chi connectivity index (χ0v) is 21.2. The lowest BCUT2D eigenvalue weighted by atomic mass is 10.1. The molecule has 166 valence electrons. The fraction of sp³-hybridized carbons (Fsp3) is 0.0690. The molecule has 0 atom stereocenters. The number of rotatable bonds is 3. The van der Waals surface area contributed by atoms with Crippen LogP contribution in [0.1, 0.15) is 5.01 Å². The molecule has 1 aliphatic rings. The van der Waals surface area contributed by atoms with Gasteiger partial charge >= 0.3 is 0 Å². The van der Waals surface area contributed by atoms with Crippen molar-refractivity contribution in [3.63, 3.8) is 0 Å². The molecule has 2 nitrogen and oxygen atoms in total. The summed E-state index contributed by atoms with van der Waals surface area (Å²) in [6.45, 7) is 0. The van der Waals surface area contributed by atoms with Crippen molar-refractivity contribution in [2.75, 3.05) is 11.9 Å². The van der Waals surface area contributed by atoms with Crippen molar-refractivity contribution in [1.82, 2.24) is 0 Å². The monoisotopic (exact) mass is 497 g/mol. The summed E-state index contributed by atoms with van der Waals surface area (Å²) in [6.07, 6.45) is 8.16. The van der Waals surface area contributed by atoms with Crippen LogP contribution < -0.4 is 9.47 Å². The van der Waals surface area contributed by atoms with Gasteiger partial charge in [0.2, 0.25) is 5.52 Å². The largest absolute Gasteiger partial charge is 0.338 e. The fourth-order valence-electron chi connectivity index (χ4n) is 4.44.